The number of hydrogen-bond donors (Lipinski definition) is 2. The Hall–Kier alpha value is -1.77. The number of hydrogen-bond acceptors (Lipinski definition) is 4. The highest BCUT2D eigenvalue weighted by Crippen LogP contribution is 2.60. The second-order valence-electron chi connectivity index (χ2n) is 4.69. The quantitative estimate of drug-likeness (QED) is 0.866. The number of aromatic nitrogens is 2. The predicted octanol–water partition coefficient (Wildman–Crippen LogP) is 1.88. The maximum Gasteiger partial charge on any atom is 0.432 e. The largest absolute Gasteiger partial charge is 0.476 e. The van der Waals surface area contributed by atoms with Crippen LogP contribution >= 0.6 is 0 Å². The van der Waals surface area contributed by atoms with E-state index in [-0.39, 0.29) is 31.7 Å². The van der Waals surface area contributed by atoms with E-state index in [1.54, 1.807) is 0 Å². The molecule has 1 fully saturated rings. The molecule has 0 aromatic carbocycles. The molecule has 0 bridgehead atoms. The van der Waals surface area contributed by atoms with Crippen molar-refractivity contribution in [3.63, 3.8) is 0 Å². The zero-order valence-corrected chi connectivity index (χ0v) is 10.3. The molecule has 20 heavy (non-hydrogen) atoms. The average Bonchev–Trinajstić information content (AvgIpc) is 3.03. The number of carboxylic acid groups (broad SMARTS) is 1. The van der Waals surface area contributed by atoms with Gasteiger partial charge in [-0.15, -0.1) is 5.10 Å². The molecule has 1 aliphatic carbocycles. The van der Waals surface area contributed by atoms with Gasteiger partial charge < -0.3 is 14.9 Å². The van der Waals surface area contributed by atoms with Crippen LogP contribution in [0.3, 0.4) is 0 Å². The van der Waals surface area contributed by atoms with E-state index in [4.69, 9.17) is 9.84 Å². The minimum absolute atomic E-state index is 0.0172. The molecule has 0 saturated heterocycles. The number of ether oxygens (including phenoxy) is 1. The third-order valence-electron chi connectivity index (χ3n) is 3.39. The van der Waals surface area contributed by atoms with Crippen LogP contribution in [-0.2, 0) is 0 Å². The molecule has 1 saturated carbocycles. The van der Waals surface area contributed by atoms with Gasteiger partial charge in [0.1, 0.15) is 0 Å². The fraction of sp³-hybridized carbons (Fsp3) is 0.636. The van der Waals surface area contributed by atoms with Crippen LogP contribution in [0.1, 0.15) is 19.3 Å². The van der Waals surface area contributed by atoms with Gasteiger partial charge in [-0.25, -0.2) is 4.79 Å². The van der Waals surface area contributed by atoms with E-state index in [1.165, 1.54) is 6.07 Å². The van der Waals surface area contributed by atoms with Crippen LogP contribution in [0, 0.1) is 5.41 Å². The van der Waals surface area contributed by atoms with Gasteiger partial charge in [-0.2, -0.15) is 17.9 Å². The summed E-state index contributed by atoms with van der Waals surface area (Å²) in [6.45, 7) is -0.171. The van der Waals surface area contributed by atoms with Gasteiger partial charge in [0.05, 0.1) is 18.1 Å². The number of aliphatic hydroxyl groups is 1. The molecular weight excluding hydrogens is 281 g/mol. The van der Waals surface area contributed by atoms with Crippen LogP contribution in [0.5, 0.6) is 5.88 Å². The van der Waals surface area contributed by atoms with Gasteiger partial charge in [0, 0.05) is 18.7 Å². The van der Waals surface area contributed by atoms with E-state index in [0.717, 1.165) is 6.20 Å². The van der Waals surface area contributed by atoms with Gasteiger partial charge in [-0.1, -0.05) is 0 Å². The summed E-state index contributed by atoms with van der Waals surface area (Å²) in [6, 6.07) is 1.27. The Bertz CT molecular complexity index is 496. The van der Waals surface area contributed by atoms with Gasteiger partial charge >= 0.3 is 12.3 Å². The Labute approximate surface area is 111 Å². The van der Waals surface area contributed by atoms with E-state index in [2.05, 4.69) is 5.10 Å². The summed E-state index contributed by atoms with van der Waals surface area (Å²) in [6.07, 6.45) is -6.45. The number of carbonyl (C=O) groups is 1. The molecule has 1 aliphatic rings. The van der Waals surface area contributed by atoms with Crippen molar-refractivity contribution in [2.45, 2.75) is 31.5 Å². The molecule has 9 heteroatoms. The topological polar surface area (TPSA) is 84.6 Å². The second kappa shape index (κ2) is 4.97. The molecule has 2 N–H and O–H groups in total. The first kappa shape index (κ1) is 14.6. The van der Waals surface area contributed by atoms with Crippen molar-refractivity contribution in [2.24, 2.45) is 5.41 Å². The Morgan fingerprint density at radius 2 is 2.20 bits per heavy atom. The molecule has 0 amide bonds. The second-order valence-corrected chi connectivity index (χ2v) is 4.69. The summed E-state index contributed by atoms with van der Waals surface area (Å²) in [4.78, 5) is 10.5. The lowest BCUT2D eigenvalue weighted by Crippen LogP contribution is -2.37. The normalized spacial score (nSPS) is 18.6. The number of nitrogens with zero attached hydrogens (tertiary/aromatic N) is 2. The molecule has 1 atom stereocenters. The van der Waals surface area contributed by atoms with E-state index in [9.17, 15) is 23.1 Å². The van der Waals surface area contributed by atoms with Gasteiger partial charge in [0.15, 0.2) is 0 Å². The molecule has 0 aliphatic heterocycles. The maximum absolute atomic E-state index is 12.7. The Balaban J connectivity index is 1.82. The highest BCUT2D eigenvalue weighted by molar-refractivity contribution is 5.66. The summed E-state index contributed by atoms with van der Waals surface area (Å²) in [5.41, 5.74) is -2.00. The third-order valence-corrected chi connectivity index (χ3v) is 3.39. The summed E-state index contributed by atoms with van der Waals surface area (Å²) < 4.78 is 43.8. The molecule has 1 aromatic heterocycles. The molecular formula is C11H13F3N2O4. The molecule has 0 radical (unpaired) electrons. The van der Waals surface area contributed by atoms with Crippen LogP contribution < -0.4 is 4.74 Å². The number of halogens is 3. The molecule has 112 valence electrons. The highest BCUT2D eigenvalue weighted by atomic mass is 19.4. The zero-order valence-electron chi connectivity index (χ0n) is 10.3. The van der Waals surface area contributed by atoms with Crippen molar-refractivity contribution in [3.8, 4) is 5.88 Å². The number of aliphatic hydroxyl groups excluding tert-OH is 1. The highest BCUT2D eigenvalue weighted by Gasteiger charge is 2.66. The Kier molecular flexibility index (Phi) is 3.63. The minimum Gasteiger partial charge on any atom is -0.476 e. The van der Waals surface area contributed by atoms with Crippen LogP contribution in [0.15, 0.2) is 12.3 Å². The van der Waals surface area contributed by atoms with Crippen molar-refractivity contribution >= 4 is 6.09 Å². The maximum atomic E-state index is 12.7. The van der Waals surface area contributed by atoms with Crippen molar-refractivity contribution in [1.82, 2.24) is 9.78 Å². The summed E-state index contributed by atoms with van der Waals surface area (Å²) in [7, 11) is 0. The molecule has 6 nitrogen and oxygen atoms in total. The van der Waals surface area contributed by atoms with Gasteiger partial charge in [0.25, 0.3) is 0 Å². The van der Waals surface area contributed by atoms with E-state index in [0.29, 0.717) is 4.68 Å². The number of alkyl halides is 3. The molecule has 1 unspecified atom stereocenters. The Morgan fingerprint density at radius 3 is 2.65 bits per heavy atom. The fourth-order valence-electron chi connectivity index (χ4n) is 1.98. The third kappa shape index (κ3) is 2.72. The first-order valence-corrected chi connectivity index (χ1v) is 5.93. The molecule has 2 rings (SSSR count). The molecule has 1 heterocycles. The van der Waals surface area contributed by atoms with Crippen molar-refractivity contribution in [1.29, 1.82) is 0 Å². The van der Waals surface area contributed by atoms with Crippen LogP contribution in [0.2, 0.25) is 0 Å². The lowest BCUT2D eigenvalue weighted by Gasteiger charge is -2.24. The lowest BCUT2D eigenvalue weighted by molar-refractivity contribution is -0.215. The van der Waals surface area contributed by atoms with Gasteiger partial charge in [0.2, 0.25) is 5.88 Å². The van der Waals surface area contributed by atoms with E-state index in [1.807, 2.05) is 0 Å². The average molecular weight is 294 g/mol. The standard InChI is InChI=1S/C11H13F3N2O4/c12-11(13,14)10(3-4-10)7(17)2-6-20-8-1-5-16(15-8)9(18)19/h1,5,7,17H,2-4,6H2,(H,18,19). The van der Waals surface area contributed by atoms with Crippen LogP contribution in [0.4, 0.5) is 18.0 Å². The molecule has 1 aromatic rings. The summed E-state index contributed by atoms with van der Waals surface area (Å²) in [5, 5.41) is 21.7. The van der Waals surface area contributed by atoms with Crippen molar-refractivity contribution in [3.05, 3.63) is 12.3 Å². The SMILES string of the molecule is O=C(O)n1ccc(OCCC(O)C2(C(F)(F)F)CC2)n1. The smallest absolute Gasteiger partial charge is 0.432 e. The first-order valence-electron chi connectivity index (χ1n) is 5.93. The monoisotopic (exact) mass is 294 g/mol. The van der Waals surface area contributed by atoms with Crippen molar-refractivity contribution in [2.75, 3.05) is 6.61 Å². The van der Waals surface area contributed by atoms with E-state index < -0.39 is 23.8 Å². The van der Waals surface area contributed by atoms with Crippen molar-refractivity contribution < 1.29 is 32.9 Å². The first-order chi connectivity index (χ1) is 9.26. The number of rotatable bonds is 5. The predicted molar refractivity (Wildman–Crippen MR) is 59.5 cm³/mol. The van der Waals surface area contributed by atoms with Crippen LogP contribution in [0.25, 0.3) is 0 Å². The van der Waals surface area contributed by atoms with Gasteiger partial charge in [-0.05, 0) is 12.8 Å². The molecule has 0 spiro atoms. The zero-order chi connectivity index (χ0) is 15.0. The summed E-state index contributed by atoms with van der Waals surface area (Å²) >= 11 is 0. The van der Waals surface area contributed by atoms with Gasteiger partial charge in [-0.3, -0.25) is 0 Å². The van der Waals surface area contributed by atoms with Crippen LogP contribution in [-0.4, -0.2) is 45.0 Å². The lowest BCUT2D eigenvalue weighted by atomic mass is 9.96. The van der Waals surface area contributed by atoms with E-state index >= 15 is 0 Å². The minimum atomic E-state index is -4.42. The summed E-state index contributed by atoms with van der Waals surface area (Å²) in [5.74, 6) is -0.0172. The fourth-order valence-corrected chi connectivity index (χ4v) is 1.98. The Morgan fingerprint density at radius 1 is 1.55 bits per heavy atom.